The number of benzene rings is 2. The van der Waals surface area contributed by atoms with Gasteiger partial charge in [-0.05, 0) is 71.6 Å². The number of fused-ring (bicyclic) bond motifs is 3. The van der Waals surface area contributed by atoms with Gasteiger partial charge in [-0.3, -0.25) is 0 Å². The van der Waals surface area contributed by atoms with Gasteiger partial charge in [0.05, 0.1) is 15.1 Å². The lowest BCUT2D eigenvalue weighted by atomic mass is 9.50. The summed E-state index contributed by atoms with van der Waals surface area (Å²) < 4.78 is 0. The Hall–Kier alpha value is -0.350. The van der Waals surface area contributed by atoms with Crippen LogP contribution in [0.4, 0.5) is 0 Å². The third kappa shape index (κ3) is 4.99. The van der Waals surface area contributed by atoms with Crippen LogP contribution in [0.1, 0.15) is 76.0 Å². The maximum absolute atomic E-state index is 9.20. The van der Waals surface area contributed by atoms with Gasteiger partial charge in [-0.25, -0.2) is 0 Å². The van der Waals surface area contributed by atoms with Crippen molar-refractivity contribution in [2.75, 3.05) is 6.54 Å². The Morgan fingerprint density at radius 1 is 0.970 bits per heavy atom. The second-order valence-corrected chi connectivity index (χ2v) is 12.1. The molecule has 0 spiro atoms. The third-order valence-corrected chi connectivity index (χ3v) is 10.1. The van der Waals surface area contributed by atoms with Crippen molar-refractivity contribution in [1.29, 1.82) is 0 Å². The van der Waals surface area contributed by atoms with Crippen LogP contribution < -0.4 is 5.73 Å². The minimum atomic E-state index is -0.363. The molecule has 1 saturated carbocycles. The zero-order valence-corrected chi connectivity index (χ0v) is 23.3. The zero-order chi connectivity index (χ0) is 24.7. The number of nitrogens with two attached hydrogens (primary N) is 1. The number of aromatic hydroxyl groups is 1. The molecule has 0 radical (unpaired) electrons. The van der Waals surface area contributed by atoms with E-state index in [1.807, 2.05) is 0 Å². The van der Waals surface area contributed by atoms with E-state index < -0.39 is 0 Å². The molecule has 2 aliphatic rings. The fraction of sp³-hybridized carbons (Fsp3) is 0.538. The Morgan fingerprint density at radius 3 is 2.09 bits per heavy atom. The van der Waals surface area contributed by atoms with Crippen LogP contribution in [-0.2, 0) is 11.8 Å². The van der Waals surface area contributed by atoms with Crippen molar-refractivity contribution in [1.82, 2.24) is 0 Å². The van der Waals surface area contributed by atoms with E-state index in [4.69, 9.17) is 63.7 Å². The summed E-state index contributed by atoms with van der Waals surface area (Å²) in [6.45, 7) is 10.4. The van der Waals surface area contributed by atoms with Crippen LogP contribution in [0.15, 0.2) is 18.2 Å². The number of hydrogen-bond donors (Lipinski definition) is 2. The molecule has 0 aliphatic heterocycles. The standard InChI is InChI=1S/C20H31N.C6HCl5O/c1-14(2)15-6-8-17-16(12-15)7-9-18-19(3,13-21)10-5-11-20(17,18)4;7-1-2(8)4(10)6(12)5(11)3(1)9/h6,8,12,14,18H,5,7,9-11,13,21H2,1-4H3;12H. The van der Waals surface area contributed by atoms with Crippen molar-refractivity contribution in [2.45, 2.75) is 71.1 Å². The minimum absolute atomic E-state index is 0.00904. The monoisotopic (exact) mass is 549 g/mol. The number of phenolic OH excluding ortho intramolecular Hbond substituents is 1. The summed E-state index contributed by atoms with van der Waals surface area (Å²) in [4.78, 5) is 0. The van der Waals surface area contributed by atoms with Crippen LogP contribution >= 0.6 is 58.0 Å². The molecule has 3 atom stereocenters. The summed E-state index contributed by atoms with van der Waals surface area (Å²) in [6, 6.07) is 7.29. The molecule has 2 aromatic rings. The number of aryl methyl sites for hydroxylation is 1. The highest BCUT2D eigenvalue weighted by Gasteiger charge is 2.50. The van der Waals surface area contributed by atoms with Crippen LogP contribution in [-0.4, -0.2) is 11.7 Å². The van der Waals surface area contributed by atoms with Gasteiger partial charge in [0, 0.05) is 0 Å². The van der Waals surface area contributed by atoms with Crippen LogP contribution in [0.5, 0.6) is 5.75 Å². The molecule has 3 unspecified atom stereocenters. The Bertz CT molecular complexity index is 935. The lowest BCUT2D eigenvalue weighted by Gasteiger charge is -2.55. The molecule has 4 rings (SSSR count). The van der Waals surface area contributed by atoms with Crippen LogP contribution in [0, 0.1) is 11.3 Å². The van der Waals surface area contributed by atoms with Gasteiger partial charge in [0.1, 0.15) is 10.0 Å². The largest absolute Gasteiger partial charge is 0.505 e. The Morgan fingerprint density at radius 2 is 1.55 bits per heavy atom. The molecule has 0 aromatic heterocycles. The molecule has 1 fully saturated rings. The van der Waals surface area contributed by atoms with E-state index >= 15 is 0 Å². The quantitative estimate of drug-likeness (QED) is 0.288. The van der Waals surface area contributed by atoms with E-state index in [1.165, 1.54) is 37.7 Å². The minimum Gasteiger partial charge on any atom is -0.505 e. The van der Waals surface area contributed by atoms with Crippen molar-refractivity contribution in [2.24, 2.45) is 17.1 Å². The third-order valence-electron chi connectivity index (χ3n) is 7.82. The fourth-order valence-corrected chi connectivity index (χ4v) is 6.97. The molecule has 0 heterocycles. The van der Waals surface area contributed by atoms with Crippen LogP contribution in [0.3, 0.4) is 0 Å². The second kappa shape index (κ2) is 10.3. The molecular formula is C26H32Cl5NO. The predicted molar refractivity (Wildman–Crippen MR) is 144 cm³/mol. The average Bonchev–Trinajstić information content (AvgIpc) is 2.80. The van der Waals surface area contributed by atoms with E-state index in [0.717, 1.165) is 12.5 Å². The summed E-state index contributed by atoms with van der Waals surface area (Å²) in [7, 11) is 0. The molecular weight excluding hydrogens is 520 g/mol. The maximum Gasteiger partial charge on any atom is 0.155 e. The Kier molecular flexibility index (Phi) is 8.53. The first-order chi connectivity index (χ1) is 15.4. The van der Waals surface area contributed by atoms with Crippen molar-refractivity contribution < 1.29 is 5.11 Å². The summed E-state index contributed by atoms with van der Waals surface area (Å²) in [5.41, 5.74) is 11.6. The van der Waals surface area contributed by atoms with Crippen molar-refractivity contribution in [3.63, 3.8) is 0 Å². The maximum atomic E-state index is 9.20. The molecule has 182 valence electrons. The molecule has 2 aliphatic carbocycles. The van der Waals surface area contributed by atoms with Gasteiger partial charge in [0.2, 0.25) is 0 Å². The number of phenols is 1. The summed E-state index contributed by atoms with van der Waals surface area (Å²) in [6.07, 6.45) is 6.53. The molecule has 0 saturated heterocycles. The molecule has 2 aromatic carbocycles. The summed E-state index contributed by atoms with van der Waals surface area (Å²) >= 11 is 27.9. The van der Waals surface area contributed by atoms with Crippen molar-refractivity contribution in [3.05, 3.63) is 60.0 Å². The van der Waals surface area contributed by atoms with E-state index in [0.29, 0.717) is 16.7 Å². The lowest BCUT2D eigenvalue weighted by molar-refractivity contribution is 0.0326. The van der Waals surface area contributed by atoms with E-state index in [1.54, 1.807) is 11.1 Å². The topological polar surface area (TPSA) is 46.2 Å². The molecule has 3 N–H and O–H groups in total. The molecule has 0 amide bonds. The van der Waals surface area contributed by atoms with Gasteiger partial charge < -0.3 is 10.8 Å². The highest BCUT2D eigenvalue weighted by molar-refractivity contribution is 6.55. The first-order valence-corrected chi connectivity index (χ1v) is 13.3. The number of rotatable bonds is 2. The summed E-state index contributed by atoms with van der Waals surface area (Å²) in [5, 5.41) is 9.01. The smallest absolute Gasteiger partial charge is 0.155 e. The van der Waals surface area contributed by atoms with Gasteiger partial charge in [-0.1, -0.05) is 110 Å². The van der Waals surface area contributed by atoms with Gasteiger partial charge in [-0.2, -0.15) is 0 Å². The predicted octanol–water partition coefficient (Wildman–Crippen LogP) is 9.44. The van der Waals surface area contributed by atoms with E-state index in [-0.39, 0.29) is 30.9 Å². The molecule has 2 nitrogen and oxygen atoms in total. The highest BCUT2D eigenvalue weighted by Crippen LogP contribution is 2.57. The first-order valence-electron chi connectivity index (χ1n) is 11.4. The van der Waals surface area contributed by atoms with Gasteiger partial charge in [0.15, 0.2) is 5.75 Å². The molecule has 7 heteroatoms. The van der Waals surface area contributed by atoms with Gasteiger partial charge in [-0.15, -0.1) is 0 Å². The van der Waals surface area contributed by atoms with Crippen LogP contribution in [0.25, 0.3) is 0 Å². The Labute approximate surface area is 222 Å². The van der Waals surface area contributed by atoms with Gasteiger partial charge in [0.25, 0.3) is 0 Å². The Balaban J connectivity index is 0.000000218. The lowest BCUT2D eigenvalue weighted by Crippen LogP contribution is -2.51. The van der Waals surface area contributed by atoms with Gasteiger partial charge >= 0.3 is 0 Å². The van der Waals surface area contributed by atoms with Crippen molar-refractivity contribution >= 4 is 58.0 Å². The molecule has 0 bridgehead atoms. The molecule has 33 heavy (non-hydrogen) atoms. The second-order valence-electron chi connectivity index (χ2n) is 10.2. The van der Waals surface area contributed by atoms with E-state index in [2.05, 4.69) is 45.9 Å². The first kappa shape index (κ1) is 27.2. The highest BCUT2D eigenvalue weighted by atomic mass is 35.5. The van der Waals surface area contributed by atoms with E-state index in [9.17, 15) is 5.11 Å². The fourth-order valence-electron chi connectivity index (χ4n) is 5.84. The summed E-state index contributed by atoms with van der Waals surface area (Å²) in [5.74, 6) is 1.01. The number of hydrogen-bond acceptors (Lipinski definition) is 2. The average molecular weight is 552 g/mol. The number of halogens is 5. The normalized spacial score (nSPS) is 26.3. The van der Waals surface area contributed by atoms with Crippen molar-refractivity contribution in [3.8, 4) is 5.75 Å². The SMILES string of the molecule is CC(C)c1ccc2c(c1)CCC1C(C)(CN)CCCC21C.Oc1c(Cl)c(Cl)c(Cl)c(Cl)c1Cl. The van der Waals surface area contributed by atoms with Crippen LogP contribution in [0.2, 0.25) is 25.1 Å². The zero-order valence-electron chi connectivity index (χ0n) is 19.5.